The highest BCUT2D eigenvalue weighted by Crippen LogP contribution is 2.48. The molecule has 0 fully saturated rings. The monoisotopic (exact) mass is 555 g/mol. The number of ether oxygens (including phenoxy) is 3. The van der Waals surface area contributed by atoms with Gasteiger partial charge in [-0.3, -0.25) is 9.59 Å². The van der Waals surface area contributed by atoms with Gasteiger partial charge in [0.2, 0.25) is 5.88 Å². The van der Waals surface area contributed by atoms with Crippen molar-refractivity contribution in [2.75, 3.05) is 18.5 Å². The Balaban J connectivity index is 1.61. The van der Waals surface area contributed by atoms with E-state index in [9.17, 15) is 14.9 Å². The molecule has 2 aliphatic rings. The van der Waals surface area contributed by atoms with Gasteiger partial charge in [0.05, 0.1) is 23.2 Å². The number of rotatable bonds is 7. The standard InChI is InChI=1S/C28H27Cl2N3O5/c1-4-36-22-9-15(5-8-21(22)37-14-24(35)33-19-7-6-16(29)10-18(19)30)25-17(13-31)27(32)38-23-12-28(2,3)11-20(34)26(23)25/h5-10,25H,4,11-12,14,32H2,1-3H3,(H,33,35). The third-order valence-corrected chi connectivity index (χ3v) is 6.79. The lowest BCUT2D eigenvalue weighted by Gasteiger charge is -2.37. The quantitative estimate of drug-likeness (QED) is 0.438. The lowest BCUT2D eigenvalue weighted by molar-refractivity contribution is -0.119. The molecule has 1 atom stereocenters. The average Bonchev–Trinajstić information content (AvgIpc) is 2.83. The van der Waals surface area contributed by atoms with E-state index in [4.69, 9.17) is 43.1 Å². The maximum absolute atomic E-state index is 13.2. The largest absolute Gasteiger partial charge is 0.490 e. The number of Topliss-reactive ketones (excluding diaryl/α,β-unsaturated/α-hetero) is 1. The summed E-state index contributed by atoms with van der Waals surface area (Å²) in [6, 6.07) is 11.9. The van der Waals surface area contributed by atoms with Gasteiger partial charge in [-0.05, 0) is 48.2 Å². The van der Waals surface area contributed by atoms with Crippen molar-refractivity contribution in [1.82, 2.24) is 0 Å². The average molecular weight is 556 g/mol. The van der Waals surface area contributed by atoms with E-state index in [0.717, 1.165) is 0 Å². The summed E-state index contributed by atoms with van der Waals surface area (Å²) in [7, 11) is 0. The van der Waals surface area contributed by atoms with E-state index in [1.54, 1.807) is 30.3 Å². The zero-order chi connectivity index (χ0) is 27.6. The lowest BCUT2D eigenvalue weighted by Crippen LogP contribution is -2.33. The molecule has 8 nitrogen and oxygen atoms in total. The number of anilines is 1. The second-order valence-electron chi connectivity index (χ2n) is 9.80. The summed E-state index contributed by atoms with van der Waals surface area (Å²) < 4.78 is 17.3. The summed E-state index contributed by atoms with van der Waals surface area (Å²) in [5, 5.41) is 13.3. The fourth-order valence-electron chi connectivity index (χ4n) is 4.63. The molecule has 3 N–H and O–H groups in total. The number of carbonyl (C=O) groups excluding carboxylic acids is 2. The molecule has 0 bridgehead atoms. The molecule has 2 aromatic carbocycles. The van der Waals surface area contributed by atoms with Crippen LogP contribution >= 0.6 is 23.2 Å². The van der Waals surface area contributed by atoms with Gasteiger partial charge in [-0.2, -0.15) is 5.26 Å². The van der Waals surface area contributed by atoms with Gasteiger partial charge in [0, 0.05) is 23.4 Å². The van der Waals surface area contributed by atoms with Crippen molar-refractivity contribution < 1.29 is 23.8 Å². The number of ketones is 1. The predicted molar refractivity (Wildman–Crippen MR) is 144 cm³/mol. The molecule has 38 heavy (non-hydrogen) atoms. The highest BCUT2D eigenvalue weighted by Gasteiger charge is 2.43. The fraction of sp³-hybridized carbons (Fsp3) is 0.321. The Kier molecular flexibility index (Phi) is 7.91. The number of nitrogens with two attached hydrogens (primary N) is 1. The number of halogens is 2. The van der Waals surface area contributed by atoms with Gasteiger partial charge >= 0.3 is 0 Å². The highest BCUT2D eigenvalue weighted by atomic mass is 35.5. The van der Waals surface area contributed by atoms with Crippen LogP contribution in [-0.2, 0) is 14.3 Å². The van der Waals surface area contributed by atoms with E-state index in [2.05, 4.69) is 11.4 Å². The van der Waals surface area contributed by atoms with Crippen LogP contribution in [0.1, 0.15) is 45.1 Å². The molecule has 0 spiro atoms. The number of hydrogen-bond donors (Lipinski definition) is 2. The molecular weight excluding hydrogens is 529 g/mol. The second-order valence-corrected chi connectivity index (χ2v) is 10.6. The van der Waals surface area contributed by atoms with Crippen LogP contribution in [-0.4, -0.2) is 24.9 Å². The third kappa shape index (κ3) is 5.74. The van der Waals surface area contributed by atoms with E-state index in [-0.39, 0.29) is 29.3 Å². The van der Waals surface area contributed by atoms with Gasteiger partial charge in [0.25, 0.3) is 5.91 Å². The zero-order valence-electron chi connectivity index (χ0n) is 21.2. The second kappa shape index (κ2) is 11.0. The molecule has 2 aromatic rings. The number of carbonyl (C=O) groups is 2. The number of nitriles is 1. The Morgan fingerprint density at radius 2 is 1.95 bits per heavy atom. The molecule has 4 rings (SSSR count). The van der Waals surface area contributed by atoms with Crippen LogP contribution in [0.15, 0.2) is 59.2 Å². The normalized spacial score (nSPS) is 18.3. The minimum atomic E-state index is -0.698. The van der Waals surface area contributed by atoms with Gasteiger partial charge in [-0.15, -0.1) is 0 Å². The zero-order valence-corrected chi connectivity index (χ0v) is 22.7. The van der Waals surface area contributed by atoms with E-state index >= 15 is 0 Å². The maximum atomic E-state index is 13.2. The summed E-state index contributed by atoms with van der Waals surface area (Å²) in [4.78, 5) is 25.7. The number of nitrogens with zero attached hydrogens (tertiary/aromatic N) is 1. The van der Waals surface area contributed by atoms with E-state index in [1.807, 2.05) is 20.8 Å². The topological polar surface area (TPSA) is 124 Å². The summed E-state index contributed by atoms with van der Waals surface area (Å²) >= 11 is 12.0. The highest BCUT2D eigenvalue weighted by molar-refractivity contribution is 6.36. The van der Waals surface area contributed by atoms with Crippen molar-refractivity contribution in [3.8, 4) is 17.6 Å². The first kappa shape index (κ1) is 27.4. The fourth-order valence-corrected chi connectivity index (χ4v) is 5.09. The first-order valence-electron chi connectivity index (χ1n) is 12.0. The Bertz CT molecular complexity index is 1410. The van der Waals surface area contributed by atoms with Crippen LogP contribution in [0.5, 0.6) is 11.5 Å². The molecule has 0 saturated heterocycles. The van der Waals surface area contributed by atoms with Crippen LogP contribution in [0.3, 0.4) is 0 Å². The molecule has 10 heteroatoms. The van der Waals surface area contributed by atoms with Gasteiger partial charge in [-0.1, -0.05) is 43.1 Å². The van der Waals surface area contributed by atoms with Crippen LogP contribution in [0, 0.1) is 16.7 Å². The molecular formula is C28H27Cl2N3O5. The van der Waals surface area contributed by atoms with E-state index in [1.165, 1.54) is 6.07 Å². The predicted octanol–water partition coefficient (Wildman–Crippen LogP) is 5.86. The van der Waals surface area contributed by atoms with E-state index < -0.39 is 11.8 Å². The van der Waals surface area contributed by atoms with Gasteiger partial charge in [0.1, 0.15) is 17.4 Å². The van der Waals surface area contributed by atoms with Crippen molar-refractivity contribution in [3.05, 3.63) is 74.8 Å². The molecule has 1 aliphatic carbocycles. The number of nitrogens with one attached hydrogen (secondary N) is 1. The van der Waals surface area contributed by atoms with Crippen molar-refractivity contribution >= 4 is 40.6 Å². The van der Waals surface area contributed by atoms with Crippen LogP contribution in [0.25, 0.3) is 0 Å². The minimum absolute atomic E-state index is 0.0161. The van der Waals surface area contributed by atoms with Gasteiger partial charge < -0.3 is 25.3 Å². The van der Waals surface area contributed by atoms with Gasteiger partial charge in [0.15, 0.2) is 23.9 Å². The van der Waals surface area contributed by atoms with Gasteiger partial charge in [-0.25, -0.2) is 0 Å². The molecule has 1 aliphatic heterocycles. The van der Waals surface area contributed by atoms with Crippen LogP contribution < -0.4 is 20.5 Å². The first-order valence-corrected chi connectivity index (χ1v) is 12.8. The van der Waals surface area contributed by atoms with Crippen molar-refractivity contribution in [2.45, 2.75) is 39.5 Å². The Morgan fingerprint density at radius 3 is 2.63 bits per heavy atom. The molecule has 0 saturated carbocycles. The molecule has 0 aromatic heterocycles. The van der Waals surface area contributed by atoms with Crippen LogP contribution in [0.2, 0.25) is 10.0 Å². The van der Waals surface area contributed by atoms with Crippen LogP contribution in [0.4, 0.5) is 5.69 Å². The number of amides is 1. The smallest absolute Gasteiger partial charge is 0.262 e. The molecule has 1 heterocycles. The third-order valence-electron chi connectivity index (χ3n) is 6.24. The first-order chi connectivity index (χ1) is 18.0. The Labute approximate surface area is 230 Å². The number of hydrogen-bond acceptors (Lipinski definition) is 7. The van der Waals surface area contributed by atoms with E-state index in [0.29, 0.717) is 63.6 Å². The summed E-state index contributed by atoms with van der Waals surface area (Å²) in [6.07, 6.45) is 0.854. The maximum Gasteiger partial charge on any atom is 0.262 e. The SMILES string of the molecule is CCOc1cc(C2C(C#N)=C(N)OC3=C2C(=O)CC(C)(C)C3)ccc1OCC(=O)Nc1ccc(Cl)cc1Cl. The van der Waals surface area contributed by atoms with Crippen molar-refractivity contribution in [2.24, 2.45) is 11.1 Å². The molecule has 198 valence electrons. The molecule has 1 unspecified atom stereocenters. The summed E-state index contributed by atoms with van der Waals surface area (Å²) in [5.41, 5.74) is 7.46. The number of allylic oxidation sites excluding steroid dienone is 3. The van der Waals surface area contributed by atoms with Crippen molar-refractivity contribution in [3.63, 3.8) is 0 Å². The minimum Gasteiger partial charge on any atom is -0.490 e. The van der Waals surface area contributed by atoms with Crippen molar-refractivity contribution in [1.29, 1.82) is 5.26 Å². The Hall–Kier alpha value is -3.67. The molecule has 1 amide bonds. The Morgan fingerprint density at radius 1 is 1.18 bits per heavy atom. The summed E-state index contributed by atoms with van der Waals surface area (Å²) in [5.74, 6) is -0.0662. The summed E-state index contributed by atoms with van der Waals surface area (Å²) in [6.45, 7) is 5.80. The lowest BCUT2D eigenvalue weighted by atomic mass is 9.70. The number of benzene rings is 2. The molecule has 0 radical (unpaired) electrons.